The zero-order valence-corrected chi connectivity index (χ0v) is 24.2. The van der Waals surface area contributed by atoms with E-state index in [-0.39, 0.29) is 24.7 Å². The summed E-state index contributed by atoms with van der Waals surface area (Å²) in [6.07, 6.45) is 0. The number of rotatable bonds is 12. The molecule has 1 aliphatic rings. The number of benzene rings is 3. The molecular formula is C29H25N3O6S3. The Labute approximate surface area is 248 Å². The molecule has 4 aromatic rings. The summed E-state index contributed by atoms with van der Waals surface area (Å²) in [6, 6.07) is 24.9. The molecule has 0 aliphatic carbocycles. The lowest BCUT2D eigenvalue weighted by Gasteiger charge is -2.46. The summed E-state index contributed by atoms with van der Waals surface area (Å²) in [5.41, 5.74) is 1.42. The molecule has 210 valence electrons. The number of aromatic nitrogens is 1. The van der Waals surface area contributed by atoms with Crippen molar-refractivity contribution in [2.45, 2.75) is 29.3 Å². The predicted molar refractivity (Wildman–Crippen MR) is 159 cm³/mol. The Hall–Kier alpha value is -4.00. The average molecular weight is 608 g/mol. The maximum absolute atomic E-state index is 13.3. The lowest BCUT2D eigenvalue weighted by molar-refractivity contribution is -0.151. The Bertz CT molecular complexity index is 1550. The molecule has 1 aromatic heterocycles. The Morgan fingerprint density at radius 3 is 2.41 bits per heavy atom. The third-order valence-electron chi connectivity index (χ3n) is 6.04. The molecule has 2 amide bonds. The van der Waals surface area contributed by atoms with Crippen LogP contribution in [0.25, 0.3) is 10.2 Å². The van der Waals surface area contributed by atoms with Gasteiger partial charge in [-0.2, -0.15) is 0 Å². The second-order valence-electron chi connectivity index (χ2n) is 8.86. The molecular weight excluding hydrogens is 583 g/mol. The maximum atomic E-state index is 13.3. The molecule has 2 unspecified atom stereocenters. The molecule has 0 saturated carbocycles. The second-order valence-corrected chi connectivity index (χ2v) is 12.5. The zero-order valence-electron chi connectivity index (χ0n) is 21.8. The van der Waals surface area contributed by atoms with E-state index in [0.29, 0.717) is 5.75 Å². The molecule has 0 bridgehead atoms. The SMILES string of the molecule is C/C(OCc1ccccc1)=C(/C(=O)O)N1C(=O)C(NC(=O)COc2ccccc2)C1SSc1nc2ccccc2s1. The molecule has 5 rings (SSSR count). The first-order valence-electron chi connectivity index (χ1n) is 12.5. The van der Waals surface area contributed by atoms with E-state index in [2.05, 4.69) is 10.3 Å². The van der Waals surface area contributed by atoms with Gasteiger partial charge in [-0.25, -0.2) is 9.78 Å². The summed E-state index contributed by atoms with van der Waals surface area (Å²) in [6.45, 7) is 1.36. The molecule has 2 N–H and O–H groups in total. The molecule has 0 spiro atoms. The molecule has 2 heterocycles. The molecule has 1 aliphatic heterocycles. The van der Waals surface area contributed by atoms with Crippen LogP contribution in [0.5, 0.6) is 5.75 Å². The van der Waals surface area contributed by atoms with Gasteiger partial charge < -0.3 is 19.9 Å². The van der Waals surface area contributed by atoms with Gasteiger partial charge in [0.05, 0.1) is 10.2 Å². The normalized spacial score (nSPS) is 17.0. The molecule has 41 heavy (non-hydrogen) atoms. The van der Waals surface area contributed by atoms with Gasteiger partial charge in [0, 0.05) is 0 Å². The van der Waals surface area contributed by atoms with Gasteiger partial charge >= 0.3 is 5.97 Å². The van der Waals surface area contributed by atoms with E-state index in [1.807, 2.05) is 60.7 Å². The summed E-state index contributed by atoms with van der Waals surface area (Å²) in [4.78, 5) is 44.2. The number of carboxylic acids is 1. The van der Waals surface area contributed by atoms with E-state index in [1.165, 1.54) is 39.8 Å². The van der Waals surface area contributed by atoms with E-state index in [4.69, 9.17) is 9.47 Å². The number of para-hydroxylation sites is 2. The fourth-order valence-electron chi connectivity index (χ4n) is 4.05. The number of nitrogens with zero attached hydrogens (tertiary/aromatic N) is 2. The van der Waals surface area contributed by atoms with Crippen molar-refractivity contribution in [2.24, 2.45) is 0 Å². The fourth-order valence-corrected chi connectivity index (χ4v) is 7.96. The van der Waals surface area contributed by atoms with Crippen LogP contribution in [0.4, 0.5) is 0 Å². The van der Waals surface area contributed by atoms with Crippen molar-refractivity contribution < 1.29 is 29.0 Å². The minimum atomic E-state index is -1.31. The van der Waals surface area contributed by atoms with Gasteiger partial charge in [0.25, 0.3) is 11.8 Å². The van der Waals surface area contributed by atoms with Crippen LogP contribution in [0, 0.1) is 0 Å². The van der Waals surface area contributed by atoms with Crippen molar-refractivity contribution in [1.82, 2.24) is 15.2 Å². The van der Waals surface area contributed by atoms with Crippen molar-refractivity contribution in [3.8, 4) is 5.75 Å². The summed E-state index contributed by atoms with van der Waals surface area (Å²) < 4.78 is 13.0. The molecule has 1 saturated heterocycles. The Morgan fingerprint density at radius 2 is 1.71 bits per heavy atom. The standard InChI is InChI=1S/C29H25N3O6S3/c1-18(37-16-19-10-4-2-5-11-19)25(28(35)36)32-26(34)24(31-23(33)17-38-20-12-6-3-7-13-20)27(32)40-41-29-30-21-14-8-9-15-22(21)39-29/h2-15,24,27H,16-17H2,1H3,(H,31,33)(H,35,36)/b25-18+. The van der Waals surface area contributed by atoms with Gasteiger partial charge in [-0.05, 0) is 47.5 Å². The Morgan fingerprint density at radius 1 is 1.02 bits per heavy atom. The number of carbonyl (C=O) groups is 3. The van der Waals surface area contributed by atoms with E-state index in [1.54, 1.807) is 24.3 Å². The number of likely N-dealkylation sites (tertiary alicyclic amines) is 1. The first-order valence-corrected chi connectivity index (χ1v) is 15.5. The molecule has 1 fully saturated rings. The first-order chi connectivity index (χ1) is 19.9. The highest BCUT2D eigenvalue weighted by Crippen LogP contribution is 2.45. The third-order valence-corrected chi connectivity index (χ3v) is 10.1. The van der Waals surface area contributed by atoms with Crippen LogP contribution in [-0.4, -0.2) is 50.8 Å². The number of carbonyl (C=O) groups excluding carboxylic acids is 2. The van der Waals surface area contributed by atoms with Crippen molar-refractivity contribution in [3.63, 3.8) is 0 Å². The van der Waals surface area contributed by atoms with Gasteiger partial charge in [-0.3, -0.25) is 14.5 Å². The minimum Gasteiger partial charge on any atom is -0.491 e. The van der Waals surface area contributed by atoms with Crippen molar-refractivity contribution in [1.29, 1.82) is 0 Å². The van der Waals surface area contributed by atoms with Gasteiger partial charge in [0.2, 0.25) is 0 Å². The van der Waals surface area contributed by atoms with E-state index in [0.717, 1.165) is 25.0 Å². The fraction of sp³-hybridized carbons (Fsp3) is 0.172. The third kappa shape index (κ3) is 6.84. The molecule has 12 heteroatoms. The molecule has 0 radical (unpaired) electrons. The van der Waals surface area contributed by atoms with Crippen LogP contribution in [0.2, 0.25) is 0 Å². The van der Waals surface area contributed by atoms with Gasteiger partial charge in [-0.15, -0.1) is 11.3 Å². The highest BCUT2D eigenvalue weighted by molar-refractivity contribution is 8.77. The van der Waals surface area contributed by atoms with Crippen LogP contribution in [0.1, 0.15) is 12.5 Å². The highest BCUT2D eigenvalue weighted by atomic mass is 33.1. The summed E-state index contributed by atoms with van der Waals surface area (Å²) in [5.74, 6) is -1.76. The van der Waals surface area contributed by atoms with Crippen LogP contribution in [0.15, 0.2) is 101 Å². The highest BCUT2D eigenvalue weighted by Gasteiger charge is 2.53. The van der Waals surface area contributed by atoms with Gasteiger partial charge in [0.15, 0.2) is 16.6 Å². The quantitative estimate of drug-likeness (QED) is 0.0957. The minimum absolute atomic E-state index is 0.0856. The molecule has 9 nitrogen and oxygen atoms in total. The first kappa shape index (κ1) is 28.5. The van der Waals surface area contributed by atoms with E-state index in [9.17, 15) is 19.5 Å². The number of ether oxygens (including phenoxy) is 2. The number of nitrogens with one attached hydrogen (secondary N) is 1. The van der Waals surface area contributed by atoms with Gasteiger partial charge in [0.1, 0.15) is 29.5 Å². The lowest BCUT2D eigenvalue weighted by atomic mass is 10.1. The number of β-lactam (4-membered cyclic amide) rings is 1. The lowest BCUT2D eigenvalue weighted by Crippen LogP contribution is -2.69. The maximum Gasteiger partial charge on any atom is 0.356 e. The van der Waals surface area contributed by atoms with E-state index < -0.39 is 29.2 Å². The van der Waals surface area contributed by atoms with Crippen molar-refractivity contribution in [2.75, 3.05) is 6.61 Å². The van der Waals surface area contributed by atoms with Crippen LogP contribution >= 0.6 is 32.9 Å². The Kier molecular flexibility index (Phi) is 9.12. The predicted octanol–water partition coefficient (Wildman–Crippen LogP) is 5.30. The largest absolute Gasteiger partial charge is 0.491 e. The number of thiazole rings is 1. The van der Waals surface area contributed by atoms with Crippen LogP contribution in [-0.2, 0) is 25.7 Å². The second kappa shape index (κ2) is 13.1. The smallest absolute Gasteiger partial charge is 0.356 e. The van der Waals surface area contributed by atoms with Gasteiger partial charge in [-0.1, -0.05) is 71.5 Å². The summed E-state index contributed by atoms with van der Waals surface area (Å²) in [7, 11) is 2.57. The topological polar surface area (TPSA) is 118 Å². The summed E-state index contributed by atoms with van der Waals surface area (Å²) >= 11 is 1.49. The van der Waals surface area contributed by atoms with E-state index >= 15 is 0 Å². The Balaban J connectivity index is 1.34. The molecule has 3 aromatic carbocycles. The number of hydrogen-bond acceptors (Lipinski definition) is 9. The number of amides is 2. The van der Waals surface area contributed by atoms with Crippen LogP contribution < -0.4 is 10.1 Å². The van der Waals surface area contributed by atoms with Crippen molar-refractivity contribution >= 4 is 60.9 Å². The number of hydrogen-bond donors (Lipinski definition) is 2. The molecule has 2 atom stereocenters. The number of aliphatic carboxylic acids is 1. The van der Waals surface area contributed by atoms with Crippen LogP contribution in [0.3, 0.4) is 0 Å². The number of allylic oxidation sites excluding steroid dienone is 1. The average Bonchev–Trinajstić information content (AvgIpc) is 3.41. The zero-order chi connectivity index (χ0) is 28.8. The van der Waals surface area contributed by atoms with Crippen molar-refractivity contribution in [3.05, 3.63) is 102 Å². The monoisotopic (exact) mass is 607 g/mol. The summed E-state index contributed by atoms with van der Waals surface area (Å²) in [5, 5.41) is 12.1. The number of carboxylic acid groups (broad SMARTS) is 1. The number of fused-ring (bicyclic) bond motifs is 1.